The van der Waals surface area contributed by atoms with Crippen molar-refractivity contribution in [1.82, 2.24) is 9.62 Å². The maximum atomic E-state index is 12.5. The third kappa shape index (κ3) is 4.85. The summed E-state index contributed by atoms with van der Waals surface area (Å²) >= 11 is 0. The Morgan fingerprint density at radius 1 is 1.20 bits per heavy atom. The van der Waals surface area contributed by atoms with Crippen molar-refractivity contribution in [3.8, 4) is 11.5 Å². The zero-order chi connectivity index (χ0) is 18.4. The second-order valence-corrected chi connectivity index (χ2v) is 8.02. The molecule has 1 aliphatic rings. The summed E-state index contributed by atoms with van der Waals surface area (Å²) < 4.78 is 37.2. The van der Waals surface area contributed by atoms with Gasteiger partial charge in [0.25, 0.3) is 0 Å². The highest BCUT2D eigenvalue weighted by atomic mass is 32.2. The Kier molecular flexibility index (Phi) is 6.66. The van der Waals surface area contributed by atoms with Crippen molar-refractivity contribution in [3.63, 3.8) is 0 Å². The maximum absolute atomic E-state index is 12.5. The zero-order valence-corrected chi connectivity index (χ0v) is 15.8. The fourth-order valence-electron chi connectivity index (χ4n) is 2.83. The molecule has 0 fully saturated rings. The average Bonchev–Trinajstić information content (AvgIpc) is 2.63. The highest BCUT2D eigenvalue weighted by molar-refractivity contribution is 7.89. The van der Waals surface area contributed by atoms with E-state index in [1.165, 1.54) is 4.31 Å². The lowest BCUT2D eigenvalue weighted by Gasteiger charge is -2.29. The summed E-state index contributed by atoms with van der Waals surface area (Å²) in [4.78, 5) is 11.2. The number of hydrogen-bond acceptors (Lipinski definition) is 5. The Morgan fingerprint density at radius 2 is 1.84 bits per heavy atom. The summed E-state index contributed by atoms with van der Waals surface area (Å²) in [5.74, 6) is 1.22. The second-order valence-electron chi connectivity index (χ2n) is 5.93. The van der Waals surface area contributed by atoms with Gasteiger partial charge in [-0.1, -0.05) is 6.92 Å². The summed E-state index contributed by atoms with van der Waals surface area (Å²) in [5.41, 5.74) is 2.02. The number of nitrogens with zero attached hydrogens (tertiary/aromatic N) is 1. The summed E-state index contributed by atoms with van der Waals surface area (Å²) in [6.07, 6.45) is 1.45. The van der Waals surface area contributed by atoms with E-state index in [0.717, 1.165) is 11.1 Å². The van der Waals surface area contributed by atoms with Crippen LogP contribution in [0.4, 0.5) is 0 Å². The van der Waals surface area contributed by atoms with E-state index >= 15 is 0 Å². The van der Waals surface area contributed by atoms with E-state index in [-0.39, 0.29) is 11.7 Å². The Bertz CT molecular complexity index is 718. The van der Waals surface area contributed by atoms with E-state index < -0.39 is 10.0 Å². The quantitative estimate of drug-likeness (QED) is 0.698. The van der Waals surface area contributed by atoms with Crippen LogP contribution in [-0.2, 0) is 27.8 Å². The van der Waals surface area contributed by atoms with Crippen LogP contribution in [0.5, 0.6) is 11.5 Å². The van der Waals surface area contributed by atoms with Crippen LogP contribution in [0, 0.1) is 0 Å². The molecule has 0 saturated heterocycles. The van der Waals surface area contributed by atoms with Crippen molar-refractivity contribution in [2.24, 2.45) is 0 Å². The van der Waals surface area contributed by atoms with Gasteiger partial charge in [0.2, 0.25) is 15.9 Å². The maximum Gasteiger partial charge on any atom is 0.219 e. The Hall–Kier alpha value is -1.80. The molecular formula is C17H26N2O5S. The van der Waals surface area contributed by atoms with E-state index in [1.54, 1.807) is 21.1 Å². The number of carbonyl (C=O) groups is 1. The van der Waals surface area contributed by atoms with Crippen molar-refractivity contribution >= 4 is 15.9 Å². The minimum absolute atomic E-state index is 0.0274. The topological polar surface area (TPSA) is 84.9 Å². The molecule has 2 rings (SSSR count). The summed E-state index contributed by atoms with van der Waals surface area (Å²) in [5, 5.41) is 2.70. The van der Waals surface area contributed by atoms with Gasteiger partial charge in [0.1, 0.15) is 0 Å². The molecule has 0 saturated carbocycles. The van der Waals surface area contributed by atoms with Crippen molar-refractivity contribution in [2.75, 3.05) is 33.1 Å². The molecule has 8 heteroatoms. The molecule has 140 valence electrons. The first-order chi connectivity index (χ1) is 11.9. The van der Waals surface area contributed by atoms with Gasteiger partial charge in [-0.05, 0) is 36.1 Å². The normalized spacial score (nSPS) is 14.7. The molecule has 1 N–H and O–H groups in total. The highest BCUT2D eigenvalue weighted by Crippen LogP contribution is 2.33. The van der Waals surface area contributed by atoms with E-state index in [2.05, 4.69) is 5.32 Å². The van der Waals surface area contributed by atoms with Crippen LogP contribution >= 0.6 is 0 Å². The predicted molar refractivity (Wildman–Crippen MR) is 95.4 cm³/mol. The number of ether oxygens (including phenoxy) is 2. The molecule has 7 nitrogen and oxygen atoms in total. The number of rotatable bonds is 8. The molecule has 0 bridgehead atoms. The monoisotopic (exact) mass is 370 g/mol. The predicted octanol–water partition coefficient (Wildman–Crippen LogP) is 1.31. The van der Waals surface area contributed by atoms with Gasteiger partial charge in [-0.15, -0.1) is 0 Å². The number of benzene rings is 1. The third-order valence-corrected chi connectivity index (χ3v) is 6.20. The molecule has 1 aromatic carbocycles. The molecule has 0 radical (unpaired) electrons. The SMILES string of the molecule is CCC(=O)NCCCS(=O)(=O)N1CCc2cc(OC)c(OC)cc2C1. The van der Waals surface area contributed by atoms with Crippen LogP contribution in [0.1, 0.15) is 30.9 Å². The van der Waals surface area contributed by atoms with E-state index in [9.17, 15) is 13.2 Å². The standard InChI is InChI=1S/C17H26N2O5S/c1-4-17(20)18-7-5-9-25(21,22)19-8-6-13-10-15(23-2)16(24-3)11-14(13)12-19/h10-11H,4-9,12H2,1-3H3,(H,18,20). The fraction of sp³-hybridized carbons (Fsp3) is 0.588. The largest absolute Gasteiger partial charge is 0.493 e. The molecule has 0 spiro atoms. The van der Waals surface area contributed by atoms with Gasteiger partial charge < -0.3 is 14.8 Å². The van der Waals surface area contributed by atoms with Crippen LogP contribution in [-0.4, -0.2) is 51.7 Å². The molecule has 0 aromatic heterocycles. The Morgan fingerprint density at radius 3 is 2.44 bits per heavy atom. The first kappa shape index (κ1) is 19.5. The molecule has 0 aliphatic carbocycles. The number of fused-ring (bicyclic) bond motifs is 1. The van der Waals surface area contributed by atoms with Crippen LogP contribution in [0.2, 0.25) is 0 Å². The van der Waals surface area contributed by atoms with Crippen molar-refractivity contribution in [2.45, 2.75) is 32.7 Å². The first-order valence-corrected chi connectivity index (χ1v) is 10.0. The highest BCUT2D eigenvalue weighted by Gasteiger charge is 2.27. The molecule has 1 aliphatic heterocycles. The molecular weight excluding hydrogens is 344 g/mol. The minimum atomic E-state index is -3.36. The number of carbonyl (C=O) groups excluding carboxylic acids is 1. The van der Waals surface area contributed by atoms with Gasteiger partial charge in [-0.3, -0.25) is 4.79 Å². The molecule has 1 amide bonds. The smallest absolute Gasteiger partial charge is 0.219 e. The molecule has 1 heterocycles. The lowest BCUT2D eigenvalue weighted by Crippen LogP contribution is -2.38. The van der Waals surface area contributed by atoms with Gasteiger partial charge >= 0.3 is 0 Å². The molecule has 0 atom stereocenters. The second kappa shape index (κ2) is 8.53. The first-order valence-electron chi connectivity index (χ1n) is 8.39. The van der Waals surface area contributed by atoms with Gasteiger partial charge in [-0.2, -0.15) is 4.31 Å². The van der Waals surface area contributed by atoms with E-state index in [0.29, 0.717) is 50.4 Å². The van der Waals surface area contributed by atoms with E-state index in [1.807, 2.05) is 12.1 Å². The summed E-state index contributed by atoms with van der Waals surface area (Å²) in [7, 11) is -0.210. The van der Waals surface area contributed by atoms with Gasteiger partial charge in [0.15, 0.2) is 11.5 Å². The average molecular weight is 370 g/mol. The zero-order valence-electron chi connectivity index (χ0n) is 15.0. The molecule has 0 unspecified atom stereocenters. The fourth-order valence-corrected chi connectivity index (χ4v) is 4.30. The minimum Gasteiger partial charge on any atom is -0.493 e. The van der Waals surface area contributed by atoms with Crippen molar-refractivity contribution in [3.05, 3.63) is 23.3 Å². The lowest BCUT2D eigenvalue weighted by molar-refractivity contribution is -0.120. The van der Waals surface area contributed by atoms with Gasteiger partial charge in [0, 0.05) is 26.1 Å². The van der Waals surface area contributed by atoms with E-state index in [4.69, 9.17) is 9.47 Å². The Labute approximate surface area is 149 Å². The van der Waals surface area contributed by atoms with Crippen molar-refractivity contribution < 1.29 is 22.7 Å². The number of methoxy groups -OCH3 is 2. The molecule has 1 aromatic rings. The number of nitrogens with one attached hydrogen (secondary N) is 1. The van der Waals surface area contributed by atoms with Gasteiger partial charge in [-0.25, -0.2) is 8.42 Å². The number of hydrogen-bond donors (Lipinski definition) is 1. The number of amides is 1. The van der Waals surface area contributed by atoms with Crippen molar-refractivity contribution in [1.29, 1.82) is 0 Å². The number of sulfonamides is 1. The van der Waals surface area contributed by atoms with Crippen LogP contribution in [0.15, 0.2) is 12.1 Å². The lowest BCUT2D eigenvalue weighted by atomic mass is 10.0. The molecule has 25 heavy (non-hydrogen) atoms. The van der Waals surface area contributed by atoms with Gasteiger partial charge in [0.05, 0.1) is 20.0 Å². The van der Waals surface area contributed by atoms with Crippen LogP contribution < -0.4 is 14.8 Å². The Balaban J connectivity index is 2.02. The van der Waals surface area contributed by atoms with Crippen LogP contribution in [0.3, 0.4) is 0 Å². The van der Waals surface area contributed by atoms with Crippen LogP contribution in [0.25, 0.3) is 0 Å². The summed E-state index contributed by atoms with van der Waals surface area (Å²) in [6, 6.07) is 3.76. The third-order valence-electron chi connectivity index (χ3n) is 4.30. The summed E-state index contributed by atoms with van der Waals surface area (Å²) in [6.45, 7) is 2.92.